The summed E-state index contributed by atoms with van der Waals surface area (Å²) in [4.78, 5) is 11.1. The number of nitrogens with zero attached hydrogens (tertiary/aromatic N) is 1. The number of benzene rings is 1. The summed E-state index contributed by atoms with van der Waals surface area (Å²) in [6.07, 6.45) is -0.508. The molecule has 0 radical (unpaired) electrons. The fourth-order valence-corrected chi connectivity index (χ4v) is 1.78. The van der Waals surface area contributed by atoms with Crippen LogP contribution in [-0.2, 0) is 4.74 Å². The van der Waals surface area contributed by atoms with Crippen LogP contribution in [0.4, 0.5) is 4.79 Å². The van der Waals surface area contributed by atoms with Crippen molar-refractivity contribution in [3.05, 3.63) is 23.2 Å². The molecule has 0 saturated carbocycles. The van der Waals surface area contributed by atoms with Gasteiger partial charge < -0.3 is 25.0 Å². The Labute approximate surface area is 126 Å². The maximum Gasteiger partial charge on any atom is 0.407 e. The van der Waals surface area contributed by atoms with Crippen molar-refractivity contribution in [1.82, 2.24) is 10.5 Å². The third-order valence-electron chi connectivity index (χ3n) is 2.58. The summed E-state index contributed by atoms with van der Waals surface area (Å²) >= 11 is 5.91. The average molecular weight is 314 g/mol. The third-order valence-corrected chi connectivity index (χ3v) is 2.82. The summed E-state index contributed by atoms with van der Waals surface area (Å²) in [6, 6.07) is 4.62. The summed E-state index contributed by atoms with van der Waals surface area (Å²) in [5.41, 5.74) is 6.37. The average Bonchev–Trinajstić information content (AvgIpc) is 2.85. The van der Waals surface area contributed by atoms with Gasteiger partial charge in [-0.2, -0.15) is 0 Å². The van der Waals surface area contributed by atoms with Crippen molar-refractivity contribution in [2.45, 2.75) is 13.0 Å². The molecule has 21 heavy (non-hydrogen) atoms. The minimum Gasteiger partial charge on any atom is -0.473 e. The van der Waals surface area contributed by atoms with Gasteiger partial charge in [0, 0.05) is 11.6 Å². The first-order valence-electron chi connectivity index (χ1n) is 6.44. The maximum atomic E-state index is 11.1. The van der Waals surface area contributed by atoms with Crippen LogP contribution >= 0.6 is 11.6 Å². The van der Waals surface area contributed by atoms with Crippen molar-refractivity contribution >= 4 is 28.7 Å². The molecule has 1 aromatic heterocycles. The second-order valence-electron chi connectivity index (χ2n) is 4.33. The van der Waals surface area contributed by atoms with Crippen molar-refractivity contribution in [1.29, 1.82) is 0 Å². The van der Waals surface area contributed by atoms with Gasteiger partial charge in [0.15, 0.2) is 5.58 Å². The van der Waals surface area contributed by atoms with E-state index in [1.54, 1.807) is 25.1 Å². The molecule has 0 aliphatic rings. The fourth-order valence-electron chi connectivity index (χ4n) is 1.61. The van der Waals surface area contributed by atoms with E-state index in [9.17, 15) is 4.79 Å². The van der Waals surface area contributed by atoms with E-state index in [1.165, 1.54) is 0 Å². The number of hydrogen-bond donors (Lipinski definition) is 2. The Morgan fingerprint density at radius 2 is 2.33 bits per heavy atom. The molecule has 114 valence electrons. The summed E-state index contributed by atoms with van der Waals surface area (Å²) in [7, 11) is 0. The highest BCUT2D eigenvalue weighted by Crippen LogP contribution is 2.27. The smallest absolute Gasteiger partial charge is 0.407 e. The van der Waals surface area contributed by atoms with Crippen molar-refractivity contribution in [3.63, 3.8) is 0 Å². The highest BCUT2D eigenvalue weighted by Gasteiger charge is 2.13. The molecule has 8 heteroatoms. The lowest BCUT2D eigenvalue weighted by Gasteiger charge is -2.12. The predicted octanol–water partition coefficient (Wildman–Crippen LogP) is 1.93. The summed E-state index contributed by atoms with van der Waals surface area (Å²) in [5, 5.41) is 7.52. The Hall–Kier alpha value is -1.99. The number of rotatable bonds is 6. The van der Waals surface area contributed by atoms with E-state index in [2.05, 4.69) is 10.5 Å². The molecule has 2 aromatic rings. The number of ether oxygens (including phenoxy) is 2. The van der Waals surface area contributed by atoms with Crippen LogP contribution in [0.1, 0.15) is 6.92 Å². The van der Waals surface area contributed by atoms with Crippen LogP contribution in [0.3, 0.4) is 0 Å². The Balaban J connectivity index is 1.86. The highest BCUT2D eigenvalue weighted by molar-refractivity contribution is 6.31. The molecular weight excluding hydrogens is 298 g/mol. The molecule has 1 aromatic carbocycles. The normalized spacial score (nSPS) is 12.1. The predicted molar refractivity (Wildman–Crippen MR) is 77.5 cm³/mol. The molecule has 2 rings (SSSR count). The molecule has 1 atom stereocenters. The first-order chi connectivity index (χ1) is 10.1. The van der Waals surface area contributed by atoms with E-state index >= 15 is 0 Å². The van der Waals surface area contributed by atoms with Gasteiger partial charge in [-0.05, 0) is 30.3 Å². The van der Waals surface area contributed by atoms with E-state index in [1.807, 2.05) is 0 Å². The van der Waals surface area contributed by atoms with Crippen LogP contribution in [-0.4, -0.2) is 37.1 Å². The molecule has 0 fully saturated rings. The molecule has 0 saturated heterocycles. The van der Waals surface area contributed by atoms with Gasteiger partial charge >= 0.3 is 6.09 Å². The molecular formula is C13H16ClN3O4. The van der Waals surface area contributed by atoms with Gasteiger partial charge in [0.25, 0.3) is 5.88 Å². The molecule has 0 aliphatic carbocycles. The number of halogens is 1. The number of amides is 1. The summed E-state index contributed by atoms with van der Waals surface area (Å²) in [5.74, 6) is 0.306. The first kappa shape index (κ1) is 15.4. The van der Waals surface area contributed by atoms with Crippen molar-refractivity contribution in [2.75, 3.05) is 19.8 Å². The van der Waals surface area contributed by atoms with Gasteiger partial charge in [0.2, 0.25) is 0 Å². The fraction of sp³-hybridized carbons (Fsp3) is 0.385. The zero-order valence-electron chi connectivity index (χ0n) is 11.5. The van der Waals surface area contributed by atoms with Crippen LogP contribution in [0, 0.1) is 0 Å². The molecule has 7 nitrogen and oxygen atoms in total. The molecule has 0 bridgehead atoms. The van der Waals surface area contributed by atoms with Gasteiger partial charge in [-0.15, -0.1) is 0 Å². The Bertz CT molecular complexity index is 616. The number of carbonyl (C=O) groups is 1. The largest absolute Gasteiger partial charge is 0.473 e. The molecule has 1 heterocycles. The van der Waals surface area contributed by atoms with Gasteiger partial charge in [0.05, 0.1) is 11.4 Å². The Kier molecular flexibility index (Phi) is 5.24. The molecule has 0 aliphatic heterocycles. The van der Waals surface area contributed by atoms with Crippen LogP contribution in [0.2, 0.25) is 5.02 Å². The van der Waals surface area contributed by atoms with Crippen LogP contribution in [0.15, 0.2) is 22.7 Å². The van der Waals surface area contributed by atoms with Crippen LogP contribution < -0.4 is 15.8 Å². The van der Waals surface area contributed by atoms with Gasteiger partial charge in [0.1, 0.15) is 13.2 Å². The number of fused-ring (bicyclic) bond motifs is 1. The number of carbonyl (C=O) groups excluding carboxylic acids is 1. The quantitative estimate of drug-likeness (QED) is 0.845. The standard InChI is InChI=1S/C13H16ClN3O4/c1-2-16-13(18)20-7-9(15)6-19-12-10-5-8(14)3-4-11(10)21-17-12/h3-5,9H,2,6-7,15H2,1H3,(H,16,18). The monoisotopic (exact) mass is 313 g/mol. The molecule has 1 amide bonds. The minimum absolute atomic E-state index is 0.0440. The van der Waals surface area contributed by atoms with Crippen LogP contribution in [0.25, 0.3) is 11.0 Å². The number of aromatic nitrogens is 1. The van der Waals surface area contributed by atoms with E-state index < -0.39 is 12.1 Å². The first-order valence-corrected chi connectivity index (χ1v) is 6.82. The lowest BCUT2D eigenvalue weighted by atomic mass is 10.2. The lowest BCUT2D eigenvalue weighted by molar-refractivity contribution is 0.128. The molecule has 0 spiro atoms. The minimum atomic E-state index is -0.508. The lowest BCUT2D eigenvalue weighted by Crippen LogP contribution is -2.36. The summed E-state index contributed by atoms with van der Waals surface area (Å²) < 4.78 is 15.5. The number of nitrogens with one attached hydrogen (secondary N) is 1. The highest BCUT2D eigenvalue weighted by atomic mass is 35.5. The van der Waals surface area contributed by atoms with Crippen LogP contribution in [0.5, 0.6) is 5.88 Å². The molecule has 1 unspecified atom stereocenters. The molecule has 3 N–H and O–H groups in total. The van der Waals surface area contributed by atoms with Crippen molar-refractivity contribution in [2.24, 2.45) is 5.73 Å². The zero-order chi connectivity index (χ0) is 15.2. The van der Waals surface area contributed by atoms with Crippen molar-refractivity contribution < 1.29 is 18.8 Å². The van der Waals surface area contributed by atoms with E-state index in [0.717, 1.165) is 0 Å². The SMILES string of the molecule is CCNC(=O)OCC(N)COc1noc2ccc(Cl)cc12. The van der Waals surface area contributed by atoms with E-state index in [0.29, 0.717) is 28.4 Å². The second-order valence-corrected chi connectivity index (χ2v) is 4.76. The maximum absolute atomic E-state index is 11.1. The number of alkyl carbamates (subject to hydrolysis) is 1. The van der Waals surface area contributed by atoms with Crippen molar-refractivity contribution in [3.8, 4) is 5.88 Å². The van der Waals surface area contributed by atoms with E-state index in [4.69, 9.17) is 31.3 Å². The topological polar surface area (TPSA) is 99.6 Å². The second kappa shape index (κ2) is 7.14. The Morgan fingerprint density at radius 3 is 3.10 bits per heavy atom. The van der Waals surface area contributed by atoms with Gasteiger partial charge in [-0.25, -0.2) is 4.79 Å². The number of nitrogens with two attached hydrogens (primary N) is 1. The number of hydrogen-bond acceptors (Lipinski definition) is 6. The third kappa shape index (κ3) is 4.24. The zero-order valence-corrected chi connectivity index (χ0v) is 12.2. The van der Waals surface area contributed by atoms with E-state index in [-0.39, 0.29) is 13.2 Å². The summed E-state index contributed by atoms with van der Waals surface area (Å²) in [6.45, 7) is 2.47. The van der Waals surface area contributed by atoms with Gasteiger partial charge in [-0.1, -0.05) is 11.6 Å². The Morgan fingerprint density at radius 1 is 1.52 bits per heavy atom. The van der Waals surface area contributed by atoms with Gasteiger partial charge in [-0.3, -0.25) is 0 Å².